The van der Waals surface area contributed by atoms with Crippen molar-refractivity contribution in [1.29, 1.82) is 0 Å². The van der Waals surface area contributed by atoms with Crippen molar-refractivity contribution in [2.45, 2.75) is 11.8 Å². The van der Waals surface area contributed by atoms with Gasteiger partial charge in [-0.1, -0.05) is 59.1 Å². The van der Waals surface area contributed by atoms with Crippen LogP contribution >= 0.6 is 23.2 Å². The lowest BCUT2D eigenvalue weighted by atomic mass is 10.2. The molecule has 0 aliphatic heterocycles. The van der Waals surface area contributed by atoms with Crippen LogP contribution in [0.2, 0.25) is 10.0 Å². The normalized spacial score (nSPS) is 11.1. The Kier molecular flexibility index (Phi) is 6.47. The number of amides is 1. The van der Waals surface area contributed by atoms with Crippen molar-refractivity contribution >= 4 is 44.8 Å². The summed E-state index contributed by atoms with van der Waals surface area (Å²) in [5.74, 6) is -0.534. The van der Waals surface area contributed by atoms with Crippen molar-refractivity contribution in [3.05, 3.63) is 88.4 Å². The molecule has 3 aromatic carbocycles. The van der Waals surface area contributed by atoms with Gasteiger partial charge in [-0.05, 0) is 49.4 Å². The van der Waals surface area contributed by atoms with Crippen LogP contribution in [0.25, 0.3) is 0 Å². The Labute approximate surface area is 179 Å². The summed E-state index contributed by atoms with van der Waals surface area (Å²) in [4.78, 5) is 12.9. The van der Waals surface area contributed by atoms with Gasteiger partial charge in [0, 0.05) is 5.02 Å². The number of nitrogens with zero attached hydrogens (tertiary/aromatic N) is 1. The van der Waals surface area contributed by atoms with Crippen LogP contribution in [-0.4, -0.2) is 20.9 Å². The maximum absolute atomic E-state index is 13.2. The first-order valence-corrected chi connectivity index (χ1v) is 10.8. The van der Waals surface area contributed by atoms with Crippen LogP contribution in [0.15, 0.2) is 77.7 Å². The SMILES string of the molecule is Cc1ccc(S(=O)(=O)N(C(=O)COc2ccc(Cl)cc2Cl)c2ccccc2)cc1. The van der Waals surface area contributed by atoms with Crippen molar-refractivity contribution in [2.75, 3.05) is 10.9 Å². The molecule has 150 valence electrons. The minimum atomic E-state index is -4.14. The molecular weight excluding hydrogens is 433 g/mol. The summed E-state index contributed by atoms with van der Waals surface area (Å²) in [6.07, 6.45) is 0. The molecule has 0 aliphatic rings. The highest BCUT2D eigenvalue weighted by molar-refractivity contribution is 7.93. The maximum atomic E-state index is 13.2. The molecule has 5 nitrogen and oxygen atoms in total. The number of rotatable bonds is 6. The van der Waals surface area contributed by atoms with Gasteiger partial charge in [-0.3, -0.25) is 4.79 Å². The van der Waals surface area contributed by atoms with Gasteiger partial charge in [-0.2, -0.15) is 4.31 Å². The summed E-state index contributed by atoms with van der Waals surface area (Å²) >= 11 is 11.9. The number of carbonyl (C=O) groups is 1. The van der Waals surface area contributed by atoms with Gasteiger partial charge in [-0.25, -0.2) is 8.42 Å². The maximum Gasteiger partial charge on any atom is 0.278 e. The Morgan fingerprint density at radius 1 is 0.966 bits per heavy atom. The van der Waals surface area contributed by atoms with Crippen LogP contribution in [-0.2, 0) is 14.8 Å². The number of hydrogen-bond acceptors (Lipinski definition) is 4. The summed E-state index contributed by atoms with van der Waals surface area (Å²) in [6.45, 7) is 1.32. The Balaban J connectivity index is 1.93. The van der Waals surface area contributed by atoms with E-state index in [1.54, 1.807) is 48.5 Å². The summed E-state index contributed by atoms with van der Waals surface area (Å²) in [6, 6.07) is 18.9. The van der Waals surface area contributed by atoms with E-state index in [1.807, 2.05) is 6.92 Å². The molecule has 0 bridgehead atoms. The predicted octanol–water partition coefficient (Wildman–Crippen LogP) is 5.10. The van der Waals surface area contributed by atoms with Crippen molar-refractivity contribution in [1.82, 2.24) is 0 Å². The van der Waals surface area contributed by atoms with E-state index < -0.39 is 22.5 Å². The lowest BCUT2D eigenvalue weighted by Gasteiger charge is -2.23. The second-order valence-electron chi connectivity index (χ2n) is 6.18. The van der Waals surface area contributed by atoms with Crippen LogP contribution in [0.1, 0.15) is 5.56 Å². The Morgan fingerprint density at radius 3 is 2.24 bits per heavy atom. The molecule has 8 heteroatoms. The van der Waals surface area contributed by atoms with Gasteiger partial charge in [-0.15, -0.1) is 0 Å². The van der Waals surface area contributed by atoms with Crippen molar-refractivity contribution < 1.29 is 17.9 Å². The van der Waals surface area contributed by atoms with E-state index in [4.69, 9.17) is 27.9 Å². The Bertz CT molecular complexity index is 1120. The van der Waals surface area contributed by atoms with E-state index in [9.17, 15) is 13.2 Å². The van der Waals surface area contributed by atoms with Crippen LogP contribution in [0.3, 0.4) is 0 Å². The summed E-state index contributed by atoms with van der Waals surface area (Å²) in [7, 11) is -4.14. The van der Waals surface area contributed by atoms with Crippen molar-refractivity contribution in [3.8, 4) is 5.75 Å². The topological polar surface area (TPSA) is 63.7 Å². The fourth-order valence-corrected chi connectivity index (χ4v) is 4.46. The summed E-state index contributed by atoms with van der Waals surface area (Å²) in [5.41, 5.74) is 1.12. The number of benzene rings is 3. The number of carbonyl (C=O) groups excluding carboxylic acids is 1. The highest BCUT2D eigenvalue weighted by Gasteiger charge is 2.31. The highest BCUT2D eigenvalue weighted by Crippen LogP contribution is 2.28. The van der Waals surface area contributed by atoms with E-state index in [0.717, 1.165) is 9.87 Å². The molecule has 3 aromatic rings. The molecule has 0 radical (unpaired) electrons. The Morgan fingerprint density at radius 2 is 1.62 bits per heavy atom. The highest BCUT2D eigenvalue weighted by atomic mass is 35.5. The van der Waals surface area contributed by atoms with Gasteiger partial charge in [0.05, 0.1) is 15.6 Å². The number of sulfonamides is 1. The first-order valence-electron chi connectivity index (χ1n) is 8.57. The molecule has 0 heterocycles. The molecule has 0 atom stereocenters. The van der Waals surface area contributed by atoms with E-state index in [2.05, 4.69) is 0 Å². The van der Waals surface area contributed by atoms with E-state index in [0.29, 0.717) is 5.02 Å². The summed E-state index contributed by atoms with van der Waals surface area (Å²) < 4.78 is 32.6. The van der Waals surface area contributed by atoms with Crippen molar-refractivity contribution in [2.24, 2.45) is 0 Å². The molecule has 0 fully saturated rings. The third kappa shape index (κ3) is 4.90. The molecule has 29 heavy (non-hydrogen) atoms. The quantitative estimate of drug-likeness (QED) is 0.524. The zero-order valence-electron chi connectivity index (χ0n) is 15.4. The van der Waals surface area contributed by atoms with Crippen LogP contribution < -0.4 is 9.04 Å². The van der Waals surface area contributed by atoms with E-state index in [1.165, 1.54) is 24.3 Å². The average Bonchev–Trinajstić information content (AvgIpc) is 2.68. The third-order valence-electron chi connectivity index (χ3n) is 4.02. The van der Waals surface area contributed by atoms with Gasteiger partial charge in [0.2, 0.25) is 0 Å². The third-order valence-corrected chi connectivity index (χ3v) is 6.32. The summed E-state index contributed by atoms with van der Waals surface area (Å²) in [5, 5.41) is 0.638. The number of halogens is 2. The van der Waals surface area contributed by atoms with Gasteiger partial charge in [0.1, 0.15) is 5.75 Å². The van der Waals surface area contributed by atoms with E-state index >= 15 is 0 Å². The molecule has 3 rings (SSSR count). The molecule has 1 amide bonds. The number of ether oxygens (including phenoxy) is 1. The standard InChI is InChI=1S/C21H17Cl2NO4S/c1-15-7-10-18(11-8-15)29(26,27)24(17-5-3-2-4-6-17)21(25)14-28-20-12-9-16(22)13-19(20)23/h2-13H,14H2,1H3. The molecule has 0 aromatic heterocycles. The zero-order valence-corrected chi connectivity index (χ0v) is 17.7. The minimum absolute atomic E-state index is 0.00447. The van der Waals surface area contributed by atoms with Crippen LogP contribution in [0.5, 0.6) is 5.75 Å². The predicted molar refractivity (Wildman–Crippen MR) is 114 cm³/mol. The smallest absolute Gasteiger partial charge is 0.278 e. The largest absolute Gasteiger partial charge is 0.482 e. The number of hydrogen-bond donors (Lipinski definition) is 0. The van der Waals surface area contributed by atoms with Gasteiger partial charge in [0.25, 0.3) is 15.9 Å². The van der Waals surface area contributed by atoms with Crippen molar-refractivity contribution in [3.63, 3.8) is 0 Å². The van der Waals surface area contributed by atoms with Gasteiger partial charge < -0.3 is 4.74 Å². The Hall–Kier alpha value is -2.54. The molecule has 0 unspecified atom stereocenters. The van der Waals surface area contributed by atoms with Gasteiger partial charge in [0.15, 0.2) is 6.61 Å². The number of aryl methyl sites for hydroxylation is 1. The minimum Gasteiger partial charge on any atom is -0.482 e. The lowest BCUT2D eigenvalue weighted by Crippen LogP contribution is -2.40. The fraction of sp³-hybridized carbons (Fsp3) is 0.0952. The number of anilines is 1. The molecule has 0 aliphatic carbocycles. The molecule has 0 spiro atoms. The van der Waals surface area contributed by atoms with Crippen LogP contribution in [0.4, 0.5) is 5.69 Å². The first kappa shape index (κ1) is 21.2. The monoisotopic (exact) mass is 449 g/mol. The zero-order chi connectivity index (χ0) is 21.0. The second kappa shape index (κ2) is 8.86. The van der Waals surface area contributed by atoms with E-state index in [-0.39, 0.29) is 21.4 Å². The molecule has 0 saturated heterocycles. The fourth-order valence-electron chi connectivity index (χ4n) is 2.59. The molecular formula is C21H17Cl2NO4S. The lowest BCUT2D eigenvalue weighted by molar-refractivity contribution is -0.119. The molecule has 0 N–H and O–H groups in total. The van der Waals surface area contributed by atoms with Gasteiger partial charge >= 0.3 is 0 Å². The first-order chi connectivity index (χ1) is 13.8. The number of para-hydroxylation sites is 1. The molecule has 0 saturated carbocycles. The average molecular weight is 450 g/mol. The second-order valence-corrected chi connectivity index (χ2v) is 8.81. The van der Waals surface area contributed by atoms with Crippen LogP contribution in [0, 0.1) is 6.92 Å².